The highest BCUT2D eigenvalue weighted by molar-refractivity contribution is 5.99. The van der Waals surface area contributed by atoms with Crippen molar-refractivity contribution in [2.24, 2.45) is 0 Å². The lowest BCUT2D eigenvalue weighted by Gasteiger charge is -2.34. The monoisotopic (exact) mass is 514 g/mol. The Balaban J connectivity index is 1.35. The van der Waals surface area contributed by atoms with E-state index < -0.39 is 0 Å². The Kier molecular flexibility index (Phi) is 8.01. The zero-order chi connectivity index (χ0) is 26.3. The third-order valence-electron chi connectivity index (χ3n) is 6.69. The van der Waals surface area contributed by atoms with Crippen molar-refractivity contribution in [1.29, 1.82) is 0 Å². The number of ether oxygens (including phenoxy) is 1. The Bertz CT molecular complexity index is 1250. The molecule has 0 atom stereocenters. The Hall–Kier alpha value is -4.15. The molecule has 3 aromatic rings. The number of carbonyl (C=O) groups excluding carboxylic acids is 1. The van der Waals surface area contributed by atoms with Crippen LogP contribution in [0.25, 0.3) is 0 Å². The van der Waals surface area contributed by atoms with Gasteiger partial charge in [-0.25, -0.2) is 4.98 Å². The molecule has 1 aromatic heterocycles. The van der Waals surface area contributed by atoms with Crippen LogP contribution in [0.2, 0.25) is 0 Å². The second-order valence-corrected chi connectivity index (χ2v) is 9.39. The van der Waals surface area contributed by atoms with Crippen LogP contribution < -0.4 is 25.8 Å². The van der Waals surface area contributed by atoms with Gasteiger partial charge in [-0.3, -0.25) is 4.79 Å². The zero-order valence-electron chi connectivity index (χ0n) is 21.7. The lowest BCUT2D eigenvalue weighted by Crippen LogP contribution is -2.44. The Morgan fingerprint density at radius 2 is 1.66 bits per heavy atom. The molecule has 3 N–H and O–H groups in total. The summed E-state index contributed by atoms with van der Waals surface area (Å²) in [5, 5.41) is 9.56. The standard InChI is InChI=1S/C28H34N8O2/c1-3-26(37)30-22-5-4-6-23(19-22)31-27-25(36-15-17-38-18-16-36)20-29-28(33-27)32-21-7-9-24(10-8-21)35-13-11-34(2)12-14-35/h3-10,19-20H,1,11-18H2,2H3,(H,30,37)(H2,29,31,32,33). The van der Waals surface area contributed by atoms with Gasteiger partial charge in [0.05, 0.1) is 25.1 Å². The van der Waals surface area contributed by atoms with Crippen molar-refractivity contribution in [2.45, 2.75) is 0 Å². The largest absolute Gasteiger partial charge is 0.378 e. The van der Waals surface area contributed by atoms with Crippen LogP contribution in [0, 0.1) is 0 Å². The molecule has 0 spiro atoms. The summed E-state index contributed by atoms with van der Waals surface area (Å²) in [6, 6.07) is 15.9. The molecule has 5 rings (SSSR count). The summed E-state index contributed by atoms with van der Waals surface area (Å²) >= 11 is 0. The van der Waals surface area contributed by atoms with Gasteiger partial charge in [-0.15, -0.1) is 0 Å². The molecule has 3 heterocycles. The first-order valence-corrected chi connectivity index (χ1v) is 12.9. The molecule has 38 heavy (non-hydrogen) atoms. The van der Waals surface area contributed by atoms with E-state index in [2.05, 4.69) is 73.5 Å². The fraction of sp³-hybridized carbons (Fsp3) is 0.321. The van der Waals surface area contributed by atoms with Gasteiger partial charge in [-0.1, -0.05) is 12.6 Å². The highest BCUT2D eigenvalue weighted by atomic mass is 16.5. The van der Waals surface area contributed by atoms with Crippen molar-refractivity contribution in [3.63, 3.8) is 0 Å². The summed E-state index contributed by atoms with van der Waals surface area (Å²) in [5.41, 5.74) is 4.49. The smallest absolute Gasteiger partial charge is 0.247 e. The molecular weight excluding hydrogens is 480 g/mol. The molecule has 0 aliphatic carbocycles. The number of piperazine rings is 1. The molecule has 1 amide bonds. The van der Waals surface area contributed by atoms with E-state index in [4.69, 9.17) is 9.72 Å². The van der Waals surface area contributed by atoms with Gasteiger partial charge < -0.3 is 35.4 Å². The third kappa shape index (κ3) is 6.39. The second-order valence-electron chi connectivity index (χ2n) is 9.39. The van der Waals surface area contributed by atoms with Crippen LogP contribution in [0.4, 0.5) is 40.2 Å². The molecule has 10 nitrogen and oxygen atoms in total. The van der Waals surface area contributed by atoms with Gasteiger partial charge in [0.15, 0.2) is 5.82 Å². The minimum absolute atomic E-state index is 0.261. The van der Waals surface area contributed by atoms with E-state index in [0.717, 1.165) is 56.3 Å². The summed E-state index contributed by atoms with van der Waals surface area (Å²) < 4.78 is 5.53. The number of hydrogen-bond donors (Lipinski definition) is 3. The van der Waals surface area contributed by atoms with Crippen molar-refractivity contribution >= 4 is 46.1 Å². The van der Waals surface area contributed by atoms with E-state index in [1.165, 1.54) is 11.8 Å². The number of hydrogen-bond acceptors (Lipinski definition) is 9. The average molecular weight is 515 g/mol. The minimum Gasteiger partial charge on any atom is -0.378 e. The van der Waals surface area contributed by atoms with Crippen molar-refractivity contribution in [2.75, 3.05) is 85.3 Å². The number of nitrogens with one attached hydrogen (secondary N) is 3. The number of morpholine rings is 1. The van der Waals surface area contributed by atoms with Crippen molar-refractivity contribution in [3.8, 4) is 0 Å². The van der Waals surface area contributed by atoms with Crippen LogP contribution in [-0.4, -0.2) is 80.3 Å². The molecule has 198 valence electrons. The third-order valence-corrected chi connectivity index (χ3v) is 6.69. The fourth-order valence-corrected chi connectivity index (χ4v) is 4.52. The molecule has 2 aliphatic heterocycles. The summed E-state index contributed by atoms with van der Waals surface area (Å²) in [7, 11) is 2.16. The maximum atomic E-state index is 11.8. The van der Waals surface area contributed by atoms with Gasteiger partial charge in [0, 0.05) is 62.0 Å². The number of likely N-dealkylation sites (N-methyl/N-ethyl adjacent to an activating group) is 1. The maximum Gasteiger partial charge on any atom is 0.247 e. The van der Waals surface area contributed by atoms with E-state index in [1.54, 1.807) is 0 Å². The summed E-state index contributed by atoms with van der Waals surface area (Å²) in [6.07, 6.45) is 3.08. The highest BCUT2D eigenvalue weighted by Crippen LogP contribution is 2.30. The van der Waals surface area contributed by atoms with Gasteiger partial charge in [0.25, 0.3) is 0 Å². The molecule has 2 aliphatic rings. The van der Waals surface area contributed by atoms with E-state index in [1.807, 2.05) is 30.5 Å². The lowest BCUT2D eigenvalue weighted by molar-refractivity contribution is -0.111. The molecule has 0 unspecified atom stereocenters. The molecule has 2 aromatic carbocycles. The van der Waals surface area contributed by atoms with Gasteiger partial charge >= 0.3 is 0 Å². The first-order valence-electron chi connectivity index (χ1n) is 12.9. The predicted octanol–water partition coefficient (Wildman–Crippen LogP) is 3.68. The van der Waals surface area contributed by atoms with Crippen LogP contribution in [0.5, 0.6) is 0 Å². The number of rotatable bonds is 8. The van der Waals surface area contributed by atoms with Gasteiger partial charge in [0.1, 0.15) is 0 Å². The van der Waals surface area contributed by atoms with Gasteiger partial charge in [-0.2, -0.15) is 4.98 Å². The van der Waals surface area contributed by atoms with Crippen molar-refractivity contribution < 1.29 is 9.53 Å². The Labute approximate surface area is 223 Å². The number of nitrogens with zero attached hydrogens (tertiary/aromatic N) is 5. The van der Waals surface area contributed by atoms with Gasteiger partial charge in [-0.05, 0) is 55.6 Å². The molecule has 10 heteroatoms. The number of benzene rings is 2. The van der Waals surface area contributed by atoms with Crippen LogP contribution in [-0.2, 0) is 9.53 Å². The summed E-state index contributed by atoms with van der Waals surface area (Å²) in [6.45, 7) is 10.5. The van der Waals surface area contributed by atoms with Crippen LogP contribution in [0.3, 0.4) is 0 Å². The minimum atomic E-state index is -0.261. The van der Waals surface area contributed by atoms with E-state index >= 15 is 0 Å². The SMILES string of the molecule is C=CC(=O)Nc1cccc(Nc2nc(Nc3ccc(N4CCN(C)CC4)cc3)ncc2N2CCOCC2)c1. The number of anilines is 7. The Morgan fingerprint density at radius 1 is 0.921 bits per heavy atom. The molecular formula is C28H34N8O2. The molecule has 0 radical (unpaired) electrons. The molecule has 2 saturated heterocycles. The van der Waals surface area contributed by atoms with E-state index in [-0.39, 0.29) is 5.91 Å². The van der Waals surface area contributed by atoms with E-state index in [9.17, 15) is 4.79 Å². The normalized spacial score (nSPS) is 16.1. The van der Waals surface area contributed by atoms with Crippen LogP contribution in [0.15, 0.2) is 67.4 Å². The maximum absolute atomic E-state index is 11.8. The topological polar surface area (TPSA) is 97.9 Å². The molecule has 0 bridgehead atoms. The molecule has 2 fully saturated rings. The zero-order valence-corrected chi connectivity index (χ0v) is 21.7. The van der Waals surface area contributed by atoms with E-state index in [0.29, 0.717) is 30.7 Å². The van der Waals surface area contributed by atoms with Crippen LogP contribution in [0.1, 0.15) is 0 Å². The lowest BCUT2D eigenvalue weighted by atomic mass is 10.2. The Morgan fingerprint density at radius 3 is 2.39 bits per heavy atom. The average Bonchev–Trinajstić information content (AvgIpc) is 2.95. The first kappa shape index (κ1) is 25.5. The highest BCUT2D eigenvalue weighted by Gasteiger charge is 2.18. The summed E-state index contributed by atoms with van der Waals surface area (Å²) in [5.74, 6) is 0.905. The van der Waals surface area contributed by atoms with Crippen molar-refractivity contribution in [1.82, 2.24) is 14.9 Å². The van der Waals surface area contributed by atoms with Gasteiger partial charge in [0.2, 0.25) is 11.9 Å². The number of aromatic nitrogens is 2. The van der Waals surface area contributed by atoms with Crippen LogP contribution >= 0.6 is 0 Å². The number of amides is 1. The predicted molar refractivity (Wildman–Crippen MR) is 153 cm³/mol. The molecule has 0 saturated carbocycles. The second kappa shape index (κ2) is 11.9. The first-order chi connectivity index (χ1) is 18.6. The fourth-order valence-electron chi connectivity index (χ4n) is 4.52. The number of carbonyl (C=O) groups is 1. The van der Waals surface area contributed by atoms with Crippen molar-refractivity contribution in [3.05, 3.63) is 67.4 Å². The summed E-state index contributed by atoms with van der Waals surface area (Å²) in [4.78, 5) is 28.2. The quantitative estimate of drug-likeness (QED) is 0.389.